The fourth-order valence-electron chi connectivity index (χ4n) is 2.31. The zero-order chi connectivity index (χ0) is 19.4. The van der Waals surface area contributed by atoms with Crippen molar-refractivity contribution in [2.75, 3.05) is 12.4 Å². The van der Waals surface area contributed by atoms with Gasteiger partial charge in [0.15, 0.2) is 0 Å². The summed E-state index contributed by atoms with van der Waals surface area (Å²) in [5.41, 5.74) is 0.943. The van der Waals surface area contributed by atoms with E-state index in [0.717, 1.165) is 4.68 Å². The number of hydrogen-bond donors (Lipinski definition) is 1. The van der Waals surface area contributed by atoms with Crippen molar-refractivity contribution < 1.29 is 9.53 Å². The molecule has 0 atom stereocenters. The average molecular weight is 405 g/mol. The average Bonchev–Trinajstić information content (AvgIpc) is 2.64. The number of rotatable bonds is 5. The van der Waals surface area contributed by atoms with E-state index in [1.165, 1.54) is 13.3 Å². The lowest BCUT2D eigenvalue weighted by Crippen LogP contribution is -2.31. The van der Waals surface area contributed by atoms with Gasteiger partial charge in [-0.25, -0.2) is 9.48 Å². The van der Waals surface area contributed by atoms with Gasteiger partial charge >= 0.3 is 5.69 Å². The van der Waals surface area contributed by atoms with Gasteiger partial charge in [-0.2, -0.15) is 10.1 Å². The monoisotopic (exact) mass is 404 g/mol. The molecule has 1 N–H and O–H groups in total. The molecule has 3 aromatic rings. The largest absolute Gasteiger partial charge is 0.495 e. The summed E-state index contributed by atoms with van der Waals surface area (Å²) in [5, 5.41) is 7.59. The summed E-state index contributed by atoms with van der Waals surface area (Å²) in [6, 6.07) is 11.7. The van der Waals surface area contributed by atoms with E-state index in [-0.39, 0.29) is 6.54 Å². The number of nitrogens with zero attached hydrogens (tertiary/aromatic N) is 3. The molecule has 0 aliphatic carbocycles. The van der Waals surface area contributed by atoms with E-state index in [9.17, 15) is 9.59 Å². The van der Waals surface area contributed by atoms with Crippen LogP contribution < -0.4 is 15.7 Å². The number of amides is 1. The van der Waals surface area contributed by atoms with Crippen LogP contribution in [0, 0.1) is 0 Å². The Labute approximate surface area is 164 Å². The van der Waals surface area contributed by atoms with Crippen molar-refractivity contribution in [2.24, 2.45) is 0 Å². The van der Waals surface area contributed by atoms with Gasteiger partial charge in [-0.3, -0.25) is 4.79 Å². The molecule has 138 valence electrons. The second-order valence-corrected chi connectivity index (χ2v) is 6.33. The number of ether oxygens (including phenoxy) is 1. The zero-order valence-electron chi connectivity index (χ0n) is 14.1. The molecule has 0 bridgehead atoms. The zero-order valence-corrected chi connectivity index (χ0v) is 15.7. The van der Waals surface area contributed by atoms with Gasteiger partial charge in [0.25, 0.3) is 0 Å². The normalized spacial score (nSPS) is 10.5. The number of carbonyl (C=O) groups is 1. The van der Waals surface area contributed by atoms with Crippen molar-refractivity contribution in [3.8, 4) is 17.0 Å². The second kappa shape index (κ2) is 8.20. The fourth-order valence-corrected chi connectivity index (χ4v) is 2.70. The lowest BCUT2D eigenvalue weighted by atomic mass is 10.2. The Bertz CT molecular complexity index is 1040. The maximum atomic E-state index is 12.2. The molecule has 1 amide bonds. The van der Waals surface area contributed by atoms with E-state index in [4.69, 9.17) is 27.9 Å². The number of nitrogens with one attached hydrogen (secondary N) is 1. The Kier molecular flexibility index (Phi) is 5.73. The van der Waals surface area contributed by atoms with E-state index < -0.39 is 11.6 Å². The SMILES string of the molecule is COc1ccc(NC(=O)Cn2ncc(-c3ccc(Cl)cc3)nc2=O)cc1Cl. The molecule has 0 unspecified atom stereocenters. The standard InChI is InChI=1S/C18H14Cl2N4O3/c1-27-16-7-6-13(8-14(16)20)22-17(25)10-24-18(26)23-15(9-21-24)11-2-4-12(19)5-3-11/h2-9H,10H2,1H3,(H,22,25). The Morgan fingerprint density at radius 3 is 2.56 bits per heavy atom. The molecule has 0 saturated carbocycles. The maximum Gasteiger partial charge on any atom is 0.365 e. The molecule has 0 aliphatic heterocycles. The van der Waals surface area contributed by atoms with Crippen molar-refractivity contribution in [3.05, 3.63) is 69.2 Å². The van der Waals surface area contributed by atoms with Gasteiger partial charge < -0.3 is 10.1 Å². The summed E-state index contributed by atoms with van der Waals surface area (Å²) in [6.45, 7) is -0.281. The fraction of sp³-hybridized carbons (Fsp3) is 0.111. The smallest absolute Gasteiger partial charge is 0.365 e. The first-order chi connectivity index (χ1) is 13.0. The Hall–Kier alpha value is -2.90. The number of aromatic nitrogens is 3. The van der Waals surface area contributed by atoms with Gasteiger partial charge in [0.1, 0.15) is 12.3 Å². The topological polar surface area (TPSA) is 86.1 Å². The molecule has 2 aromatic carbocycles. The van der Waals surface area contributed by atoms with Crippen LogP contribution in [0.25, 0.3) is 11.3 Å². The first-order valence-corrected chi connectivity index (χ1v) is 8.55. The first kappa shape index (κ1) is 18.9. The number of anilines is 1. The van der Waals surface area contributed by atoms with E-state index in [1.54, 1.807) is 42.5 Å². The van der Waals surface area contributed by atoms with Crippen LogP contribution >= 0.6 is 23.2 Å². The molecule has 27 heavy (non-hydrogen) atoms. The van der Waals surface area contributed by atoms with Crippen molar-refractivity contribution >= 4 is 34.8 Å². The molecule has 0 radical (unpaired) electrons. The Morgan fingerprint density at radius 1 is 1.19 bits per heavy atom. The molecule has 0 aliphatic rings. The van der Waals surface area contributed by atoms with Crippen molar-refractivity contribution in [2.45, 2.75) is 6.54 Å². The third-order valence-electron chi connectivity index (χ3n) is 3.63. The van der Waals surface area contributed by atoms with Gasteiger partial charge in [0.2, 0.25) is 5.91 Å². The van der Waals surface area contributed by atoms with Crippen LogP contribution in [0.4, 0.5) is 5.69 Å². The van der Waals surface area contributed by atoms with Crippen molar-refractivity contribution in [1.82, 2.24) is 14.8 Å². The Balaban J connectivity index is 1.72. The van der Waals surface area contributed by atoms with Crippen LogP contribution in [0.5, 0.6) is 5.75 Å². The second-order valence-electron chi connectivity index (χ2n) is 5.49. The summed E-state index contributed by atoms with van der Waals surface area (Å²) >= 11 is 11.9. The lowest BCUT2D eigenvalue weighted by Gasteiger charge is -2.09. The minimum Gasteiger partial charge on any atom is -0.495 e. The third-order valence-corrected chi connectivity index (χ3v) is 4.17. The predicted octanol–water partition coefficient (Wildman–Crippen LogP) is 3.26. The van der Waals surface area contributed by atoms with E-state index in [2.05, 4.69) is 15.4 Å². The van der Waals surface area contributed by atoms with E-state index >= 15 is 0 Å². The highest BCUT2D eigenvalue weighted by Crippen LogP contribution is 2.27. The van der Waals surface area contributed by atoms with Gasteiger partial charge in [0.05, 0.1) is 24.0 Å². The highest BCUT2D eigenvalue weighted by Gasteiger charge is 2.10. The summed E-state index contributed by atoms with van der Waals surface area (Å²) in [5.74, 6) is 0.0569. The maximum absolute atomic E-state index is 12.2. The molecule has 1 aromatic heterocycles. The van der Waals surface area contributed by atoms with Crippen LogP contribution in [0.3, 0.4) is 0 Å². The summed E-state index contributed by atoms with van der Waals surface area (Å²) < 4.78 is 6.03. The van der Waals surface area contributed by atoms with Crippen LogP contribution in [0.1, 0.15) is 0 Å². The van der Waals surface area contributed by atoms with Gasteiger partial charge in [-0.05, 0) is 30.3 Å². The summed E-state index contributed by atoms with van der Waals surface area (Å²) in [6.07, 6.45) is 1.42. The number of benzene rings is 2. The first-order valence-electron chi connectivity index (χ1n) is 7.80. The molecule has 0 spiro atoms. The molecule has 9 heteroatoms. The quantitative estimate of drug-likeness (QED) is 0.704. The van der Waals surface area contributed by atoms with Crippen LogP contribution in [-0.2, 0) is 11.3 Å². The lowest BCUT2D eigenvalue weighted by molar-refractivity contribution is -0.117. The minimum atomic E-state index is -0.634. The summed E-state index contributed by atoms with van der Waals surface area (Å²) in [4.78, 5) is 28.3. The van der Waals surface area contributed by atoms with Crippen LogP contribution in [0.15, 0.2) is 53.5 Å². The number of methoxy groups -OCH3 is 1. The van der Waals surface area contributed by atoms with E-state index in [0.29, 0.717) is 32.7 Å². The van der Waals surface area contributed by atoms with E-state index in [1.807, 2.05) is 0 Å². The molecule has 3 rings (SSSR count). The molecular weight excluding hydrogens is 391 g/mol. The third kappa shape index (κ3) is 4.64. The molecule has 7 nitrogen and oxygen atoms in total. The Morgan fingerprint density at radius 2 is 1.93 bits per heavy atom. The van der Waals surface area contributed by atoms with Crippen LogP contribution in [-0.4, -0.2) is 27.8 Å². The van der Waals surface area contributed by atoms with Crippen LogP contribution in [0.2, 0.25) is 10.0 Å². The number of carbonyl (C=O) groups excluding carboxylic acids is 1. The number of halogens is 2. The van der Waals surface area contributed by atoms with Crippen molar-refractivity contribution in [1.29, 1.82) is 0 Å². The highest BCUT2D eigenvalue weighted by molar-refractivity contribution is 6.32. The molecule has 0 fully saturated rings. The molecule has 0 saturated heterocycles. The molecular formula is C18H14Cl2N4O3. The highest BCUT2D eigenvalue weighted by atomic mass is 35.5. The summed E-state index contributed by atoms with van der Waals surface area (Å²) in [7, 11) is 1.50. The number of hydrogen-bond acceptors (Lipinski definition) is 5. The van der Waals surface area contributed by atoms with Gasteiger partial charge in [-0.15, -0.1) is 0 Å². The van der Waals surface area contributed by atoms with Gasteiger partial charge in [-0.1, -0.05) is 35.3 Å². The minimum absolute atomic E-state index is 0.281. The van der Waals surface area contributed by atoms with Crippen molar-refractivity contribution in [3.63, 3.8) is 0 Å². The molecule has 1 heterocycles. The predicted molar refractivity (Wildman–Crippen MR) is 103 cm³/mol. The van der Waals surface area contributed by atoms with Gasteiger partial charge in [0, 0.05) is 16.3 Å².